The number of aromatic nitrogens is 3. The summed E-state index contributed by atoms with van der Waals surface area (Å²) >= 11 is 0. The van der Waals surface area contributed by atoms with Gasteiger partial charge in [-0.2, -0.15) is 9.40 Å². The van der Waals surface area contributed by atoms with E-state index in [9.17, 15) is 8.42 Å². The number of hydrogen-bond acceptors (Lipinski definition) is 6. The minimum atomic E-state index is -3.67. The fraction of sp³-hybridized carbons (Fsp3) is 0.316. The predicted molar refractivity (Wildman–Crippen MR) is 101 cm³/mol. The second-order valence-corrected chi connectivity index (χ2v) is 8.50. The molecule has 27 heavy (non-hydrogen) atoms. The van der Waals surface area contributed by atoms with Crippen molar-refractivity contribution in [3.05, 3.63) is 54.4 Å². The molecule has 0 spiro atoms. The third-order valence-corrected chi connectivity index (χ3v) is 6.51. The Bertz CT molecular complexity index is 1050. The second-order valence-electron chi connectivity index (χ2n) is 6.59. The molecule has 0 amide bonds. The molecule has 140 valence electrons. The van der Waals surface area contributed by atoms with E-state index < -0.39 is 10.0 Å². The first-order chi connectivity index (χ1) is 13.0. The highest BCUT2D eigenvalue weighted by atomic mass is 32.2. The number of sulfonamides is 1. The van der Waals surface area contributed by atoms with Crippen molar-refractivity contribution >= 4 is 20.9 Å². The van der Waals surface area contributed by atoms with Crippen LogP contribution in [0.5, 0.6) is 5.88 Å². The molecule has 4 rings (SSSR count). The van der Waals surface area contributed by atoms with E-state index in [2.05, 4.69) is 15.2 Å². The Morgan fingerprint density at radius 3 is 2.78 bits per heavy atom. The Kier molecular flexibility index (Phi) is 4.75. The first-order valence-electron chi connectivity index (χ1n) is 8.85. The summed E-state index contributed by atoms with van der Waals surface area (Å²) in [7, 11) is -3.67. The summed E-state index contributed by atoms with van der Waals surface area (Å²) in [6.07, 6.45) is 2.85. The maximum absolute atomic E-state index is 13.2. The third kappa shape index (κ3) is 3.63. The molecule has 1 saturated heterocycles. The maximum Gasteiger partial charge on any atom is 0.245 e. The van der Waals surface area contributed by atoms with E-state index in [1.165, 1.54) is 4.31 Å². The number of pyridine rings is 1. The number of piperidine rings is 1. The lowest BCUT2D eigenvalue weighted by molar-refractivity contribution is 0.123. The number of aryl methyl sites for hydroxylation is 1. The van der Waals surface area contributed by atoms with Crippen LogP contribution in [-0.2, 0) is 10.0 Å². The Balaban J connectivity index is 1.59. The molecule has 0 bridgehead atoms. The van der Waals surface area contributed by atoms with Gasteiger partial charge >= 0.3 is 0 Å². The topological polar surface area (TPSA) is 85.3 Å². The molecule has 7 nitrogen and oxygen atoms in total. The van der Waals surface area contributed by atoms with Gasteiger partial charge in [0.25, 0.3) is 0 Å². The lowest BCUT2D eigenvalue weighted by atomic mass is 10.1. The fourth-order valence-electron chi connectivity index (χ4n) is 3.26. The SMILES string of the molecule is Cc1ccc(OC2CCCN(S(=O)(=O)c3cccc4cccnc34)C2)nn1. The highest BCUT2D eigenvalue weighted by molar-refractivity contribution is 7.89. The monoisotopic (exact) mass is 384 g/mol. The molecule has 1 unspecified atom stereocenters. The lowest BCUT2D eigenvalue weighted by Gasteiger charge is -2.31. The molecule has 0 aliphatic carbocycles. The van der Waals surface area contributed by atoms with Crippen LogP contribution in [0.25, 0.3) is 10.9 Å². The second kappa shape index (κ2) is 7.21. The molecule has 1 aromatic carbocycles. The Labute approximate surface area is 158 Å². The number of nitrogens with zero attached hydrogens (tertiary/aromatic N) is 4. The van der Waals surface area contributed by atoms with Crippen LogP contribution < -0.4 is 4.74 Å². The number of benzene rings is 1. The molecule has 8 heteroatoms. The molecule has 1 atom stereocenters. The van der Waals surface area contributed by atoms with Crippen molar-refractivity contribution in [3.63, 3.8) is 0 Å². The first-order valence-corrected chi connectivity index (χ1v) is 10.3. The van der Waals surface area contributed by atoms with Crippen molar-refractivity contribution in [3.8, 4) is 5.88 Å². The minimum Gasteiger partial charge on any atom is -0.472 e. The van der Waals surface area contributed by atoms with Gasteiger partial charge in [-0.15, -0.1) is 5.10 Å². The molecule has 1 fully saturated rings. The van der Waals surface area contributed by atoms with Crippen LogP contribution in [0.2, 0.25) is 0 Å². The van der Waals surface area contributed by atoms with Gasteiger partial charge in [-0.05, 0) is 38.0 Å². The molecule has 1 aliphatic heterocycles. The molecule has 2 aromatic heterocycles. The number of ether oxygens (including phenoxy) is 1. The van der Waals surface area contributed by atoms with Crippen LogP contribution in [0.3, 0.4) is 0 Å². The van der Waals surface area contributed by atoms with Crippen LogP contribution >= 0.6 is 0 Å². The quantitative estimate of drug-likeness (QED) is 0.687. The van der Waals surface area contributed by atoms with Gasteiger partial charge in [0.05, 0.1) is 17.8 Å². The van der Waals surface area contributed by atoms with E-state index in [4.69, 9.17) is 4.74 Å². The molecule has 0 saturated carbocycles. The molecule has 0 N–H and O–H groups in total. The smallest absolute Gasteiger partial charge is 0.245 e. The number of hydrogen-bond donors (Lipinski definition) is 0. The first kappa shape index (κ1) is 17.8. The molecule has 0 radical (unpaired) electrons. The summed E-state index contributed by atoms with van der Waals surface area (Å²) in [4.78, 5) is 4.51. The molecule has 1 aliphatic rings. The summed E-state index contributed by atoms with van der Waals surface area (Å²) in [5.41, 5.74) is 1.30. The van der Waals surface area contributed by atoms with Crippen molar-refractivity contribution in [2.24, 2.45) is 0 Å². The van der Waals surface area contributed by atoms with Crippen molar-refractivity contribution in [1.29, 1.82) is 0 Å². The van der Waals surface area contributed by atoms with Crippen molar-refractivity contribution in [2.45, 2.75) is 30.8 Å². The van der Waals surface area contributed by atoms with Gasteiger partial charge in [-0.25, -0.2) is 8.42 Å². The summed E-state index contributed by atoms with van der Waals surface area (Å²) in [6.45, 7) is 2.59. The predicted octanol–water partition coefficient (Wildman–Crippen LogP) is 2.57. The van der Waals surface area contributed by atoms with Crippen molar-refractivity contribution < 1.29 is 13.2 Å². The van der Waals surface area contributed by atoms with Gasteiger partial charge in [0.15, 0.2) is 0 Å². The van der Waals surface area contributed by atoms with Crippen molar-refractivity contribution in [1.82, 2.24) is 19.5 Å². The third-order valence-electron chi connectivity index (χ3n) is 4.62. The van der Waals surface area contributed by atoms with Gasteiger partial charge in [-0.1, -0.05) is 18.2 Å². The average Bonchev–Trinajstić information content (AvgIpc) is 2.69. The molecule has 3 heterocycles. The van der Waals surface area contributed by atoms with E-state index in [-0.39, 0.29) is 17.5 Å². The van der Waals surface area contributed by atoms with Crippen LogP contribution in [0.15, 0.2) is 53.6 Å². The molecule has 3 aromatic rings. The van der Waals surface area contributed by atoms with E-state index in [1.807, 2.05) is 25.1 Å². The summed E-state index contributed by atoms with van der Waals surface area (Å²) in [5, 5.41) is 8.79. The summed E-state index contributed by atoms with van der Waals surface area (Å²) in [5.74, 6) is 0.414. The minimum absolute atomic E-state index is 0.233. The maximum atomic E-state index is 13.2. The van der Waals surface area contributed by atoms with Crippen LogP contribution in [-0.4, -0.2) is 47.1 Å². The summed E-state index contributed by atoms with van der Waals surface area (Å²) < 4.78 is 33.8. The Morgan fingerprint density at radius 1 is 1.11 bits per heavy atom. The van der Waals surface area contributed by atoms with Crippen molar-refractivity contribution in [2.75, 3.05) is 13.1 Å². The largest absolute Gasteiger partial charge is 0.472 e. The van der Waals surface area contributed by atoms with E-state index in [0.29, 0.717) is 17.9 Å². The Morgan fingerprint density at radius 2 is 1.96 bits per heavy atom. The lowest BCUT2D eigenvalue weighted by Crippen LogP contribution is -2.44. The van der Waals surface area contributed by atoms with Crippen LogP contribution in [0.1, 0.15) is 18.5 Å². The van der Waals surface area contributed by atoms with Gasteiger partial charge in [-0.3, -0.25) is 4.98 Å². The average molecular weight is 384 g/mol. The zero-order chi connectivity index (χ0) is 18.9. The Hall–Kier alpha value is -2.58. The molecular formula is C19H20N4O3S. The van der Waals surface area contributed by atoms with Crippen LogP contribution in [0, 0.1) is 6.92 Å². The van der Waals surface area contributed by atoms with E-state index in [1.54, 1.807) is 30.5 Å². The highest BCUT2D eigenvalue weighted by Gasteiger charge is 2.32. The van der Waals surface area contributed by atoms with Gasteiger partial charge in [0.2, 0.25) is 15.9 Å². The van der Waals surface area contributed by atoms with Gasteiger partial charge in [0.1, 0.15) is 11.0 Å². The van der Waals surface area contributed by atoms with Gasteiger partial charge in [0, 0.05) is 24.2 Å². The fourth-order valence-corrected chi connectivity index (χ4v) is 4.94. The molecular weight excluding hydrogens is 364 g/mol. The highest BCUT2D eigenvalue weighted by Crippen LogP contribution is 2.27. The number of rotatable bonds is 4. The van der Waals surface area contributed by atoms with Gasteiger partial charge < -0.3 is 4.74 Å². The normalized spacial score (nSPS) is 18.5. The summed E-state index contributed by atoms with van der Waals surface area (Å²) in [6, 6.07) is 12.5. The number of fused-ring (bicyclic) bond motifs is 1. The zero-order valence-corrected chi connectivity index (χ0v) is 15.8. The number of para-hydroxylation sites is 1. The van der Waals surface area contributed by atoms with Crippen LogP contribution in [0.4, 0.5) is 0 Å². The zero-order valence-electron chi connectivity index (χ0n) is 14.9. The van der Waals surface area contributed by atoms with E-state index in [0.717, 1.165) is 23.9 Å². The van der Waals surface area contributed by atoms with E-state index >= 15 is 0 Å². The standard InChI is InChI=1S/C19H20N4O3S/c1-14-9-10-18(22-21-14)26-16-7-4-12-23(13-16)27(24,25)17-8-2-5-15-6-3-11-20-19(15)17/h2-3,5-6,8-11,16H,4,7,12-13H2,1H3.